The van der Waals surface area contributed by atoms with E-state index in [-0.39, 0.29) is 30.2 Å². The van der Waals surface area contributed by atoms with Crippen LogP contribution in [0.3, 0.4) is 0 Å². The third-order valence-corrected chi connectivity index (χ3v) is 9.49. The molecule has 2 amide bonds. The molecule has 2 aromatic heterocycles. The van der Waals surface area contributed by atoms with Crippen molar-refractivity contribution in [3.05, 3.63) is 112 Å². The van der Waals surface area contributed by atoms with Crippen molar-refractivity contribution < 1.29 is 23.8 Å². The highest BCUT2D eigenvalue weighted by molar-refractivity contribution is 7.99. The number of nitrogens with zero attached hydrogens (tertiary/aromatic N) is 5. The SMILES string of the molecule is CCOc1ccc(-n2c(CNC(=O)c3ccc(OC)cc3)nnc2SCC(=O)N2N=C(c3cccs3)C[C@@H]2c2ccc(OC)cc2)cc1. The van der Waals surface area contributed by atoms with E-state index in [1.165, 1.54) is 11.8 Å². The lowest BCUT2D eigenvalue weighted by atomic mass is 10.0. The summed E-state index contributed by atoms with van der Waals surface area (Å²) in [6.07, 6.45) is 0.601. The van der Waals surface area contributed by atoms with Gasteiger partial charge in [0.05, 0.1) is 49.8 Å². The number of rotatable bonds is 13. The minimum atomic E-state index is -0.263. The van der Waals surface area contributed by atoms with Gasteiger partial charge < -0.3 is 19.5 Å². The molecule has 11 nitrogen and oxygen atoms in total. The maximum Gasteiger partial charge on any atom is 0.253 e. The number of amides is 2. The van der Waals surface area contributed by atoms with E-state index in [4.69, 9.17) is 19.3 Å². The van der Waals surface area contributed by atoms with Gasteiger partial charge in [0.2, 0.25) is 0 Å². The zero-order valence-corrected chi connectivity index (χ0v) is 28.3. The van der Waals surface area contributed by atoms with E-state index >= 15 is 0 Å². The number of hydrogen-bond acceptors (Lipinski definition) is 10. The Balaban J connectivity index is 1.23. The fourth-order valence-electron chi connectivity index (χ4n) is 5.24. The van der Waals surface area contributed by atoms with E-state index < -0.39 is 0 Å². The van der Waals surface area contributed by atoms with Gasteiger partial charge in [0, 0.05) is 17.7 Å². The highest BCUT2D eigenvalue weighted by Crippen LogP contribution is 2.35. The average Bonchev–Trinajstić information content (AvgIpc) is 3.91. The Labute approximate surface area is 286 Å². The number of carbonyl (C=O) groups excluding carboxylic acids is 2. The van der Waals surface area contributed by atoms with Crippen molar-refractivity contribution in [2.45, 2.75) is 31.1 Å². The summed E-state index contributed by atoms with van der Waals surface area (Å²) in [4.78, 5) is 27.8. The summed E-state index contributed by atoms with van der Waals surface area (Å²) >= 11 is 2.86. The number of carbonyl (C=O) groups is 2. The summed E-state index contributed by atoms with van der Waals surface area (Å²) in [6.45, 7) is 2.58. The fraction of sp³-hybridized carbons (Fsp3) is 0.229. The molecule has 1 N–H and O–H groups in total. The maximum atomic E-state index is 13.9. The predicted molar refractivity (Wildman–Crippen MR) is 185 cm³/mol. The molecule has 5 aromatic rings. The summed E-state index contributed by atoms with van der Waals surface area (Å²) in [6, 6.07) is 25.9. The number of hydrogen-bond donors (Lipinski definition) is 1. The molecule has 6 rings (SSSR count). The van der Waals surface area contributed by atoms with Gasteiger partial charge in [0.25, 0.3) is 11.8 Å². The van der Waals surface area contributed by atoms with Gasteiger partial charge >= 0.3 is 0 Å². The van der Waals surface area contributed by atoms with Gasteiger partial charge in [0.1, 0.15) is 17.2 Å². The second-order valence-electron chi connectivity index (χ2n) is 10.6. The smallest absolute Gasteiger partial charge is 0.253 e. The van der Waals surface area contributed by atoms with E-state index in [1.54, 1.807) is 54.8 Å². The van der Waals surface area contributed by atoms with Crippen molar-refractivity contribution in [2.24, 2.45) is 5.10 Å². The summed E-state index contributed by atoms with van der Waals surface area (Å²) in [5.41, 5.74) is 3.10. The molecular weight excluding hydrogens is 649 g/mol. The highest BCUT2D eigenvalue weighted by atomic mass is 32.2. The van der Waals surface area contributed by atoms with Gasteiger partial charge in [-0.05, 0) is 84.6 Å². The summed E-state index contributed by atoms with van der Waals surface area (Å²) < 4.78 is 18.0. The normalized spacial score (nSPS) is 14.0. The lowest BCUT2D eigenvalue weighted by Gasteiger charge is -2.22. The van der Waals surface area contributed by atoms with Crippen molar-refractivity contribution in [3.63, 3.8) is 0 Å². The van der Waals surface area contributed by atoms with Crippen molar-refractivity contribution in [2.75, 3.05) is 26.6 Å². The van der Waals surface area contributed by atoms with E-state index in [9.17, 15) is 9.59 Å². The number of thiophene rings is 1. The quantitative estimate of drug-likeness (QED) is 0.147. The third kappa shape index (κ3) is 7.37. The number of benzene rings is 3. The molecule has 3 aromatic carbocycles. The van der Waals surface area contributed by atoms with Crippen LogP contribution in [-0.4, -0.2) is 63.9 Å². The van der Waals surface area contributed by atoms with Crippen LogP contribution in [0.2, 0.25) is 0 Å². The van der Waals surface area contributed by atoms with E-state index in [0.717, 1.165) is 33.3 Å². The molecule has 0 aliphatic carbocycles. The topological polar surface area (TPSA) is 120 Å². The zero-order valence-electron chi connectivity index (χ0n) is 26.7. The first kappa shape index (κ1) is 32.8. The average molecular weight is 683 g/mol. The van der Waals surface area contributed by atoms with Crippen molar-refractivity contribution in [1.82, 2.24) is 25.1 Å². The minimum absolute atomic E-state index is 0.0707. The minimum Gasteiger partial charge on any atom is -0.497 e. The largest absolute Gasteiger partial charge is 0.497 e. The zero-order chi connectivity index (χ0) is 33.5. The molecule has 13 heteroatoms. The molecule has 3 heterocycles. The molecule has 246 valence electrons. The molecule has 0 bridgehead atoms. The van der Waals surface area contributed by atoms with E-state index in [2.05, 4.69) is 15.5 Å². The molecule has 0 radical (unpaired) electrons. The van der Waals surface area contributed by atoms with Gasteiger partial charge in [-0.15, -0.1) is 21.5 Å². The molecular formula is C35H34N6O5S2. The van der Waals surface area contributed by atoms with Crippen molar-refractivity contribution in [3.8, 4) is 22.9 Å². The summed E-state index contributed by atoms with van der Waals surface area (Å²) in [5, 5.41) is 20.7. The maximum absolute atomic E-state index is 13.9. The standard InChI is InChI=1S/C35H34N6O5S2/c1-4-46-28-17-11-25(12-18-28)40-32(21-36-34(43)24-9-15-27(45-3)16-10-24)37-38-35(40)48-22-33(42)41-30(23-7-13-26(44-2)14-8-23)20-29(39-41)31-6-5-19-47-31/h5-19,30H,4,20-22H2,1-3H3,(H,36,43)/t30-/m1/s1. The van der Waals surface area contributed by atoms with Crippen LogP contribution in [-0.2, 0) is 11.3 Å². The summed E-state index contributed by atoms with van der Waals surface area (Å²) in [7, 11) is 3.20. The van der Waals surface area contributed by atoms with Crippen molar-refractivity contribution >= 4 is 40.6 Å². The Morgan fingerprint density at radius 2 is 1.60 bits per heavy atom. The van der Waals surface area contributed by atoms with Crippen LogP contribution in [0.5, 0.6) is 17.2 Å². The molecule has 0 fully saturated rings. The second kappa shape index (κ2) is 15.2. The predicted octanol–water partition coefficient (Wildman–Crippen LogP) is 6.14. The number of methoxy groups -OCH3 is 2. The lowest BCUT2D eigenvalue weighted by Crippen LogP contribution is -2.28. The van der Waals surface area contributed by atoms with Crippen LogP contribution >= 0.6 is 23.1 Å². The number of ether oxygens (including phenoxy) is 3. The van der Waals surface area contributed by atoms with Crippen LogP contribution < -0.4 is 19.5 Å². The molecule has 1 atom stereocenters. The van der Waals surface area contributed by atoms with Gasteiger partial charge in [0.15, 0.2) is 11.0 Å². The summed E-state index contributed by atoms with van der Waals surface area (Å²) in [5.74, 6) is 2.29. The third-order valence-electron chi connectivity index (χ3n) is 7.66. The van der Waals surface area contributed by atoms with Gasteiger partial charge in [-0.3, -0.25) is 14.2 Å². The van der Waals surface area contributed by atoms with E-state index in [0.29, 0.717) is 35.3 Å². The Kier molecular flexibility index (Phi) is 10.4. The van der Waals surface area contributed by atoms with E-state index in [1.807, 2.05) is 77.5 Å². The van der Waals surface area contributed by atoms with Gasteiger partial charge in [-0.1, -0.05) is 30.0 Å². The molecule has 0 unspecified atom stereocenters. The Bertz CT molecular complexity index is 1870. The highest BCUT2D eigenvalue weighted by Gasteiger charge is 2.34. The molecule has 1 aliphatic heterocycles. The molecule has 48 heavy (non-hydrogen) atoms. The van der Waals surface area contributed by atoms with Crippen LogP contribution in [0.25, 0.3) is 5.69 Å². The first-order chi connectivity index (χ1) is 23.5. The monoisotopic (exact) mass is 682 g/mol. The number of aromatic nitrogens is 3. The first-order valence-corrected chi connectivity index (χ1v) is 17.1. The molecule has 0 saturated carbocycles. The molecule has 0 saturated heterocycles. The van der Waals surface area contributed by atoms with Crippen molar-refractivity contribution in [1.29, 1.82) is 0 Å². The van der Waals surface area contributed by atoms with Crippen LogP contribution in [0.15, 0.2) is 101 Å². The number of nitrogens with one attached hydrogen (secondary N) is 1. The van der Waals surface area contributed by atoms with Crippen LogP contribution in [0.4, 0.5) is 0 Å². The molecule has 1 aliphatic rings. The van der Waals surface area contributed by atoms with Crippen LogP contribution in [0, 0.1) is 0 Å². The van der Waals surface area contributed by atoms with Gasteiger partial charge in [-0.2, -0.15) is 5.10 Å². The second-order valence-corrected chi connectivity index (χ2v) is 12.5. The number of hydrazone groups is 1. The Morgan fingerprint density at radius 3 is 2.25 bits per heavy atom. The Morgan fingerprint density at radius 1 is 0.917 bits per heavy atom. The fourth-order valence-corrected chi connectivity index (χ4v) is 6.78. The van der Waals surface area contributed by atoms with Crippen LogP contribution in [0.1, 0.15) is 46.0 Å². The van der Waals surface area contributed by atoms with Gasteiger partial charge in [-0.25, -0.2) is 5.01 Å². The Hall–Kier alpha value is -5.14. The first-order valence-electron chi connectivity index (χ1n) is 15.3. The lowest BCUT2D eigenvalue weighted by molar-refractivity contribution is -0.130. The molecule has 0 spiro atoms. The number of thioether (sulfide) groups is 1.